The van der Waals surface area contributed by atoms with E-state index in [1.54, 1.807) is 12.4 Å². The van der Waals surface area contributed by atoms with Crippen molar-refractivity contribution in [2.75, 3.05) is 35.6 Å². The predicted molar refractivity (Wildman–Crippen MR) is 113 cm³/mol. The highest BCUT2D eigenvalue weighted by Gasteiger charge is 2.27. The molecule has 0 spiro atoms. The average molecular weight is 387 g/mol. The van der Waals surface area contributed by atoms with Crippen molar-refractivity contribution in [3.05, 3.63) is 73.3 Å². The summed E-state index contributed by atoms with van der Waals surface area (Å²) in [6.07, 6.45) is 7.34. The van der Waals surface area contributed by atoms with Crippen LogP contribution in [-0.4, -0.2) is 35.7 Å². The number of rotatable bonds is 4. The second kappa shape index (κ2) is 6.99. The van der Waals surface area contributed by atoms with Crippen molar-refractivity contribution in [1.82, 2.24) is 20.5 Å². The van der Waals surface area contributed by atoms with Crippen molar-refractivity contribution in [1.29, 1.82) is 0 Å². The Labute approximate surface area is 169 Å². The molecule has 1 aromatic heterocycles. The highest BCUT2D eigenvalue weighted by atomic mass is 16.5. The van der Waals surface area contributed by atoms with Crippen LogP contribution in [0.25, 0.3) is 0 Å². The first-order valence-electron chi connectivity index (χ1n) is 9.32. The standard InChI is InChI=1S/C21H21N7O/c1-25-15-27(21-20(25)22-9-10-23-21)16-5-3-7-18(13-16)29-19-8-4-6-17(14-19)28-12-11-26(2)24-28/h3-14,24H,15H2,1-2H3. The highest BCUT2D eigenvalue weighted by Crippen LogP contribution is 2.37. The van der Waals surface area contributed by atoms with Crippen LogP contribution >= 0.6 is 0 Å². The van der Waals surface area contributed by atoms with Gasteiger partial charge in [-0.3, -0.25) is 10.0 Å². The highest BCUT2D eigenvalue weighted by molar-refractivity contribution is 5.76. The first-order valence-corrected chi connectivity index (χ1v) is 9.32. The molecule has 0 amide bonds. The molecule has 0 saturated carbocycles. The van der Waals surface area contributed by atoms with Gasteiger partial charge in [-0.25, -0.2) is 9.97 Å². The van der Waals surface area contributed by atoms with Gasteiger partial charge in [-0.05, 0) is 24.3 Å². The lowest BCUT2D eigenvalue weighted by Crippen LogP contribution is -2.36. The number of hydrogen-bond donors (Lipinski definition) is 1. The zero-order valence-corrected chi connectivity index (χ0v) is 16.2. The Balaban J connectivity index is 1.38. The van der Waals surface area contributed by atoms with E-state index in [0.717, 1.165) is 34.5 Å². The van der Waals surface area contributed by atoms with Crippen LogP contribution in [0.4, 0.5) is 23.0 Å². The summed E-state index contributed by atoms with van der Waals surface area (Å²) in [6, 6.07) is 16.0. The fourth-order valence-corrected chi connectivity index (χ4v) is 3.43. The number of nitrogens with zero attached hydrogens (tertiary/aromatic N) is 6. The largest absolute Gasteiger partial charge is 0.457 e. The maximum absolute atomic E-state index is 6.15. The van der Waals surface area contributed by atoms with Gasteiger partial charge in [0.1, 0.15) is 11.5 Å². The molecule has 8 nitrogen and oxygen atoms in total. The van der Waals surface area contributed by atoms with Crippen molar-refractivity contribution in [3.8, 4) is 11.5 Å². The third-order valence-corrected chi connectivity index (χ3v) is 4.80. The van der Waals surface area contributed by atoms with Gasteiger partial charge in [0.05, 0.1) is 12.4 Å². The number of anilines is 4. The van der Waals surface area contributed by atoms with Crippen LogP contribution in [0.15, 0.2) is 73.3 Å². The molecule has 0 unspecified atom stereocenters. The molecular formula is C21H21N7O. The number of hydrazine groups is 2. The molecule has 0 bridgehead atoms. The monoisotopic (exact) mass is 387 g/mol. The number of fused-ring (bicyclic) bond motifs is 1. The smallest absolute Gasteiger partial charge is 0.178 e. The molecule has 0 aliphatic carbocycles. The first-order chi connectivity index (χ1) is 14.2. The van der Waals surface area contributed by atoms with Crippen LogP contribution in [0, 0.1) is 0 Å². The Morgan fingerprint density at radius 2 is 1.55 bits per heavy atom. The van der Waals surface area contributed by atoms with E-state index in [1.807, 2.05) is 79.0 Å². The van der Waals surface area contributed by atoms with Crippen LogP contribution in [0.1, 0.15) is 0 Å². The van der Waals surface area contributed by atoms with E-state index in [-0.39, 0.29) is 0 Å². The Bertz CT molecular complexity index is 1070. The second-order valence-electron chi connectivity index (χ2n) is 6.95. The summed E-state index contributed by atoms with van der Waals surface area (Å²) in [5, 5.41) is 3.81. The number of benzene rings is 2. The van der Waals surface area contributed by atoms with Gasteiger partial charge in [0.2, 0.25) is 0 Å². The van der Waals surface area contributed by atoms with Gasteiger partial charge >= 0.3 is 0 Å². The molecule has 2 aromatic carbocycles. The molecule has 0 atom stereocenters. The third-order valence-electron chi connectivity index (χ3n) is 4.80. The van der Waals surface area contributed by atoms with Gasteiger partial charge in [0, 0.05) is 56.7 Å². The molecule has 2 aliphatic rings. The Morgan fingerprint density at radius 1 is 0.862 bits per heavy atom. The zero-order valence-electron chi connectivity index (χ0n) is 16.2. The van der Waals surface area contributed by atoms with Crippen molar-refractivity contribution in [2.24, 2.45) is 0 Å². The lowest BCUT2D eigenvalue weighted by molar-refractivity contribution is 0.358. The van der Waals surface area contributed by atoms with Crippen molar-refractivity contribution < 1.29 is 4.74 Å². The van der Waals surface area contributed by atoms with Gasteiger partial charge in [0.25, 0.3) is 0 Å². The van der Waals surface area contributed by atoms with Crippen LogP contribution < -0.4 is 25.1 Å². The Hall–Kier alpha value is -3.78. The molecule has 2 aliphatic heterocycles. The van der Waals surface area contributed by atoms with E-state index in [2.05, 4.69) is 31.4 Å². The van der Waals surface area contributed by atoms with Gasteiger partial charge in [0.15, 0.2) is 11.6 Å². The van der Waals surface area contributed by atoms with Crippen molar-refractivity contribution >= 4 is 23.0 Å². The normalized spacial score (nSPS) is 15.2. The molecule has 3 heterocycles. The van der Waals surface area contributed by atoms with E-state index in [4.69, 9.17) is 4.74 Å². The molecule has 1 N–H and O–H groups in total. The van der Waals surface area contributed by atoms with Crippen molar-refractivity contribution in [2.45, 2.75) is 0 Å². The van der Waals surface area contributed by atoms with E-state index in [0.29, 0.717) is 6.67 Å². The van der Waals surface area contributed by atoms with Crippen LogP contribution in [0.3, 0.4) is 0 Å². The lowest BCUT2D eigenvalue weighted by atomic mass is 10.2. The minimum Gasteiger partial charge on any atom is -0.457 e. The Kier molecular flexibility index (Phi) is 4.18. The van der Waals surface area contributed by atoms with Gasteiger partial charge in [-0.2, -0.15) is 0 Å². The molecular weight excluding hydrogens is 366 g/mol. The maximum atomic E-state index is 6.15. The third kappa shape index (κ3) is 3.30. The molecule has 29 heavy (non-hydrogen) atoms. The number of hydrogen-bond acceptors (Lipinski definition) is 8. The minimum atomic E-state index is 0.693. The van der Waals surface area contributed by atoms with E-state index >= 15 is 0 Å². The summed E-state index contributed by atoms with van der Waals surface area (Å²) >= 11 is 0. The fourth-order valence-electron chi connectivity index (χ4n) is 3.43. The summed E-state index contributed by atoms with van der Waals surface area (Å²) in [5.74, 6) is 3.26. The minimum absolute atomic E-state index is 0.693. The SMILES string of the molecule is CN1C=CN(c2cccc(Oc3cccc(N4CN(C)c5nccnc54)c3)c2)N1. The van der Waals surface area contributed by atoms with E-state index in [1.165, 1.54) is 0 Å². The second-order valence-corrected chi connectivity index (χ2v) is 6.95. The number of ether oxygens (including phenoxy) is 1. The Morgan fingerprint density at radius 3 is 2.28 bits per heavy atom. The molecule has 0 fully saturated rings. The maximum Gasteiger partial charge on any atom is 0.178 e. The van der Waals surface area contributed by atoms with Crippen LogP contribution in [0.2, 0.25) is 0 Å². The molecule has 0 saturated heterocycles. The number of aromatic nitrogens is 2. The fraction of sp³-hybridized carbons (Fsp3) is 0.143. The van der Waals surface area contributed by atoms with Gasteiger partial charge in [-0.15, -0.1) is 5.53 Å². The molecule has 146 valence electrons. The van der Waals surface area contributed by atoms with Gasteiger partial charge in [-0.1, -0.05) is 12.1 Å². The summed E-state index contributed by atoms with van der Waals surface area (Å²) < 4.78 is 6.15. The zero-order chi connectivity index (χ0) is 19.8. The van der Waals surface area contributed by atoms with Gasteiger partial charge < -0.3 is 14.5 Å². The summed E-state index contributed by atoms with van der Waals surface area (Å²) in [4.78, 5) is 13.1. The van der Waals surface area contributed by atoms with Crippen molar-refractivity contribution in [3.63, 3.8) is 0 Å². The summed E-state index contributed by atoms with van der Waals surface area (Å²) in [5.41, 5.74) is 5.20. The molecule has 3 aromatic rings. The first kappa shape index (κ1) is 17.3. The molecule has 0 radical (unpaired) electrons. The van der Waals surface area contributed by atoms with E-state index < -0.39 is 0 Å². The van der Waals surface area contributed by atoms with E-state index in [9.17, 15) is 0 Å². The topological polar surface area (TPSA) is 60.0 Å². The summed E-state index contributed by atoms with van der Waals surface area (Å²) in [6.45, 7) is 0.693. The average Bonchev–Trinajstić information content (AvgIpc) is 3.32. The predicted octanol–water partition coefficient (Wildman–Crippen LogP) is 3.46. The quantitative estimate of drug-likeness (QED) is 0.730. The van der Waals surface area contributed by atoms with Crippen LogP contribution in [-0.2, 0) is 0 Å². The number of nitrogens with one attached hydrogen (secondary N) is 1. The summed E-state index contributed by atoms with van der Waals surface area (Å²) in [7, 11) is 3.96. The molecule has 5 rings (SSSR count). The lowest BCUT2D eigenvalue weighted by Gasteiger charge is -2.20. The molecule has 8 heteroatoms. The van der Waals surface area contributed by atoms with Crippen LogP contribution in [0.5, 0.6) is 11.5 Å².